The van der Waals surface area contributed by atoms with Gasteiger partial charge in [-0.05, 0) is 92.2 Å². The fourth-order valence-corrected chi connectivity index (χ4v) is 6.35. The summed E-state index contributed by atoms with van der Waals surface area (Å²) < 4.78 is 63.5. The Labute approximate surface area is 219 Å². The topological polar surface area (TPSA) is 9.23 Å². The SMILES string of the molecule is CCCCCC1CCC(c2ccc(/C=C/C3CCC(c4ccc(OC)c(F)c4F)CC3)c(F)c2F)CC1. The van der Waals surface area contributed by atoms with Crippen molar-refractivity contribution in [2.24, 2.45) is 11.8 Å². The van der Waals surface area contributed by atoms with Crippen LogP contribution in [0, 0.1) is 35.1 Å². The van der Waals surface area contributed by atoms with Crippen LogP contribution in [0.2, 0.25) is 0 Å². The maximum absolute atomic E-state index is 15.0. The summed E-state index contributed by atoms with van der Waals surface area (Å²) in [5.41, 5.74) is 1.19. The van der Waals surface area contributed by atoms with Crippen molar-refractivity contribution in [3.63, 3.8) is 0 Å². The van der Waals surface area contributed by atoms with Crippen LogP contribution in [0.5, 0.6) is 5.75 Å². The predicted molar refractivity (Wildman–Crippen MR) is 142 cm³/mol. The molecule has 5 heteroatoms. The van der Waals surface area contributed by atoms with Gasteiger partial charge in [0.1, 0.15) is 0 Å². The van der Waals surface area contributed by atoms with E-state index in [1.165, 1.54) is 38.9 Å². The second-order valence-electron chi connectivity index (χ2n) is 11.0. The first-order valence-corrected chi connectivity index (χ1v) is 14.1. The number of hydrogen-bond donors (Lipinski definition) is 0. The van der Waals surface area contributed by atoms with Crippen molar-refractivity contribution < 1.29 is 22.3 Å². The third-order valence-electron chi connectivity index (χ3n) is 8.70. The van der Waals surface area contributed by atoms with E-state index in [9.17, 15) is 13.2 Å². The van der Waals surface area contributed by atoms with E-state index in [4.69, 9.17) is 4.74 Å². The first-order chi connectivity index (χ1) is 17.9. The molecule has 2 fully saturated rings. The molecule has 0 aromatic heterocycles. The summed E-state index contributed by atoms with van der Waals surface area (Å²) >= 11 is 0. The van der Waals surface area contributed by atoms with Crippen LogP contribution in [0.3, 0.4) is 0 Å². The Balaban J connectivity index is 1.32. The fourth-order valence-electron chi connectivity index (χ4n) is 6.35. The first-order valence-electron chi connectivity index (χ1n) is 14.1. The molecular formula is C32H40F4O. The maximum atomic E-state index is 15.0. The van der Waals surface area contributed by atoms with Crippen molar-refractivity contribution in [1.82, 2.24) is 0 Å². The molecular weight excluding hydrogens is 476 g/mol. The molecule has 0 spiro atoms. The van der Waals surface area contributed by atoms with Crippen LogP contribution < -0.4 is 4.74 Å². The van der Waals surface area contributed by atoms with E-state index in [1.54, 1.807) is 24.3 Å². The lowest BCUT2D eigenvalue weighted by molar-refractivity contribution is 0.298. The van der Waals surface area contributed by atoms with Crippen LogP contribution in [0.15, 0.2) is 30.3 Å². The van der Waals surface area contributed by atoms with Gasteiger partial charge >= 0.3 is 0 Å². The molecule has 0 radical (unpaired) electrons. The number of allylic oxidation sites excluding steroid dienone is 1. The highest BCUT2D eigenvalue weighted by atomic mass is 19.2. The fraction of sp³-hybridized carbons (Fsp3) is 0.562. The van der Waals surface area contributed by atoms with Gasteiger partial charge in [0.2, 0.25) is 5.82 Å². The molecule has 202 valence electrons. The van der Waals surface area contributed by atoms with Gasteiger partial charge in [0, 0.05) is 5.56 Å². The molecule has 4 rings (SSSR count). The highest BCUT2D eigenvalue weighted by molar-refractivity contribution is 5.52. The molecule has 0 heterocycles. The summed E-state index contributed by atoms with van der Waals surface area (Å²) in [5, 5.41) is 0. The molecule has 37 heavy (non-hydrogen) atoms. The van der Waals surface area contributed by atoms with Gasteiger partial charge in [-0.15, -0.1) is 0 Å². The summed E-state index contributed by atoms with van der Waals surface area (Å²) in [4.78, 5) is 0. The monoisotopic (exact) mass is 516 g/mol. The molecule has 0 atom stereocenters. The van der Waals surface area contributed by atoms with Crippen LogP contribution in [0.4, 0.5) is 17.6 Å². The quantitative estimate of drug-likeness (QED) is 0.238. The molecule has 0 amide bonds. The van der Waals surface area contributed by atoms with Crippen molar-refractivity contribution >= 4 is 6.08 Å². The van der Waals surface area contributed by atoms with E-state index in [0.29, 0.717) is 24.0 Å². The van der Waals surface area contributed by atoms with Crippen molar-refractivity contribution in [2.75, 3.05) is 7.11 Å². The number of halogens is 4. The van der Waals surface area contributed by atoms with Gasteiger partial charge < -0.3 is 4.74 Å². The van der Waals surface area contributed by atoms with E-state index in [0.717, 1.165) is 44.4 Å². The summed E-state index contributed by atoms with van der Waals surface area (Å²) in [7, 11) is 1.32. The van der Waals surface area contributed by atoms with Crippen LogP contribution in [-0.4, -0.2) is 7.11 Å². The van der Waals surface area contributed by atoms with Gasteiger partial charge in [0.05, 0.1) is 7.11 Å². The van der Waals surface area contributed by atoms with E-state index >= 15 is 4.39 Å². The van der Waals surface area contributed by atoms with E-state index in [-0.39, 0.29) is 29.1 Å². The Morgan fingerprint density at radius 2 is 1.32 bits per heavy atom. The molecule has 0 N–H and O–H groups in total. The Morgan fingerprint density at radius 3 is 1.95 bits per heavy atom. The molecule has 2 aromatic rings. The Morgan fingerprint density at radius 1 is 0.730 bits per heavy atom. The third-order valence-corrected chi connectivity index (χ3v) is 8.70. The average Bonchev–Trinajstić information content (AvgIpc) is 2.92. The molecule has 2 aromatic carbocycles. The molecule has 1 nitrogen and oxygen atoms in total. The largest absolute Gasteiger partial charge is 0.494 e. The second-order valence-corrected chi connectivity index (χ2v) is 11.0. The van der Waals surface area contributed by atoms with Crippen LogP contribution in [-0.2, 0) is 0 Å². The van der Waals surface area contributed by atoms with Gasteiger partial charge in [-0.25, -0.2) is 13.2 Å². The van der Waals surface area contributed by atoms with Gasteiger partial charge in [-0.2, -0.15) is 4.39 Å². The maximum Gasteiger partial charge on any atom is 0.200 e. The smallest absolute Gasteiger partial charge is 0.200 e. The van der Waals surface area contributed by atoms with Crippen LogP contribution in [0.1, 0.15) is 112 Å². The normalized spacial score (nSPS) is 24.5. The highest BCUT2D eigenvalue weighted by Crippen LogP contribution is 2.41. The predicted octanol–water partition coefficient (Wildman–Crippen LogP) is 10.1. The zero-order chi connectivity index (χ0) is 26.4. The van der Waals surface area contributed by atoms with Gasteiger partial charge in [0.25, 0.3) is 0 Å². The van der Waals surface area contributed by atoms with Crippen LogP contribution >= 0.6 is 0 Å². The lowest BCUT2D eigenvalue weighted by Crippen LogP contribution is -2.15. The third kappa shape index (κ3) is 6.59. The molecule has 2 aliphatic rings. The molecule has 0 bridgehead atoms. The highest BCUT2D eigenvalue weighted by Gasteiger charge is 2.27. The minimum absolute atomic E-state index is 0.0553. The molecule has 0 saturated heterocycles. The van der Waals surface area contributed by atoms with Gasteiger partial charge in [-0.3, -0.25) is 0 Å². The second kappa shape index (κ2) is 13.0. The van der Waals surface area contributed by atoms with Crippen molar-refractivity contribution in [3.05, 3.63) is 70.3 Å². The van der Waals surface area contributed by atoms with E-state index in [2.05, 4.69) is 6.92 Å². The lowest BCUT2D eigenvalue weighted by Gasteiger charge is -2.29. The number of hydrogen-bond acceptors (Lipinski definition) is 1. The Hall–Kier alpha value is -2.30. The Bertz CT molecular complexity index is 1060. The lowest BCUT2D eigenvalue weighted by atomic mass is 9.76. The van der Waals surface area contributed by atoms with Crippen molar-refractivity contribution in [2.45, 2.75) is 95.8 Å². The number of rotatable bonds is 9. The van der Waals surface area contributed by atoms with Crippen molar-refractivity contribution in [1.29, 1.82) is 0 Å². The summed E-state index contributed by atoms with van der Waals surface area (Å²) in [6.45, 7) is 2.22. The number of methoxy groups -OCH3 is 1. The summed E-state index contributed by atoms with van der Waals surface area (Å²) in [6, 6.07) is 6.56. The standard InChI is InChI=1S/C32H40F4O/c1-3-4-5-6-21-7-12-23(13-8-21)26-18-17-25(29(33)30(26)34)16-11-22-9-14-24(15-10-22)27-19-20-28(37-2)32(36)31(27)35/h11,16-24H,3-10,12-15H2,1-2H3/b16-11+. The molecule has 0 unspecified atom stereocenters. The minimum atomic E-state index is -0.942. The Kier molecular flexibility index (Phi) is 9.72. The molecule has 0 aliphatic heterocycles. The van der Waals surface area contributed by atoms with Gasteiger partial charge in [-0.1, -0.05) is 63.0 Å². The first kappa shape index (κ1) is 27.7. The molecule has 2 saturated carbocycles. The van der Waals surface area contributed by atoms with E-state index < -0.39 is 23.3 Å². The average molecular weight is 517 g/mol. The van der Waals surface area contributed by atoms with Gasteiger partial charge in [0.15, 0.2) is 23.2 Å². The minimum Gasteiger partial charge on any atom is -0.494 e. The number of unbranched alkanes of at least 4 members (excludes halogenated alkanes) is 2. The van der Waals surface area contributed by atoms with Crippen LogP contribution in [0.25, 0.3) is 6.08 Å². The zero-order valence-electron chi connectivity index (χ0n) is 22.2. The summed E-state index contributed by atoms with van der Waals surface area (Å²) in [5.74, 6) is -2.34. The number of benzene rings is 2. The van der Waals surface area contributed by atoms with Crippen molar-refractivity contribution in [3.8, 4) is 5.75 Å². The molecule has 2 aliphatic carbocycles. The zero-order valence-corrected chi connectivity index (χ0v) is 22.2. The number of ether oxygens (including phenoxy) is 1. The van der Waals surface area contributed by atoms with E-state index in [1.807, 2.05) is 6.08 Å². The summed E-state index contributed by atoms with van der Waals surface area (Å²) in [6.07, 6.45) is 15.8.